The number of hydrogen-bond donors (Lipinski definition) is 3. The fourth-order valence-electron chi connectivity index (χ4n) is 3.63. The number of nitrogens with two attached hydrogens (primary N) is 1. The van der Waals surface area contributed by atoms with Gasteiger partial charge in [-0.25, -0.2) is 0 Å². The van der Waals surface area contributed by atoms with Crippen LogP contribution in [-0.4, -0.2) is 67.5 Å². The van der Waals surface area contributed by atoms with E-state index in [1.807, 2.05) is 20.9 Å². The first kappa shape index (κ1) is 23.4. The van der Waals surface area contributed by atoms with E-state index in [1.165, 1.54) is 0 Å². The molecule has 7 heteroatoms. The fourth-order valence-corrected chi connectivity index (χ4v) is 3.63. The Labute approximate surface area is 174 Å². The van der Waals surface area contributed by atoms with E-state index in [-0.39, 0.29) is 36.7 Å². The van der Waals surface area contributed by atoms with Gasteiger partial charge in [-0.3, -0.25) is 4.79 Å². The molecule has 2 rings (SSSR count). The summed E-state index contributed by atoms with van der Waals surface area (Å²) in [5.41, 5.74) is 6.93. The van der Waals surface area contributed by atoms with Crippen LogP contribution in [0.3, 0.4) is 0 Å². The van der Waals surface area contributed by atoms with Crippen LogP contribution in [0.5, 0.6) is 5.75 Å². The molecule has 1 aromatic carbocycles. The first-order valence-corrected chi connectivity index (χ1v) is 10.6. The number of nitrogen functional groups attached to an aromatic ring is 1. The Morgan fingerprint density at radius 3 is 2.79 bits per heavy atom. The maximum absolute atomic E-state index is 13.5. The number of carbonyl (C=O) groups is 1. The van der Waals surface area contributed by atoms with Crippen LogP contribution in [-0.2, 0) is 4.74 Å². The smallest absolute Gasteiger partial charge is 0.258 e. The number of aliphatic hydroxyl groups is 1. The van der Waals surface area contributed by atoms with Crippen LogP contribution in [0, 0.1) is 5.92 Å². The molecule has 29 heavy (non-hydrogen) atoms. The van der Waals surface area contributed by atoms with E-state index in [0.717, 1.165) is 19.3 Å². The van der Waals surface area contributed by atoms with E-state index in [9.17, 15) is 9.90 Å². The predicted molar refractivity (Wildman–Crippen MR) is 115 cm³/mol. The molecule has 0 aliphatic carbocycles. The minimum Gasteiger partial charge on any atom is -0.490 e. The van der Waals surface area contributed by atoms with Crippen molar-refractivity contribution in [1.29, 1.82) is 0 Å². The van der Waals surface area contributed by atoms with Gasteiger partial charge < -0.3 is 30.5 Å². The van der Waals surface area contributed by atoms with Crippen molar-refractivity contribution in [3.8, 4) is 5.75 Å². The van der Waals surface area contributed by atoms with Crippen molar-refractivity contribution in [2.45, 2.75) is 58.3 Å². The Balaban J connectivity index is 2.41. The maximum atomic E-state index is 13.5. The molecular weight excluding hydrogens is 370 g/mol. The minimum absolute atomic E-state index is 0.0156. The summed E-state index contributed by atoms with van der Waals surface area (Å²) in [6.45, 7) is 7.67. The van der Waals surface area contributed by atoms with Gasteiger partial charge in [0.05, 0.1) is 30.4 Å². The number of rotatable bonds is 4. The molecule has 0 unspecified atom stereocenters. The average Bonchev–Trinajstić information content (AvgIpc) is 2.70. The largest absolute Gasteiger partial charge is 0.490 e. The molecule has 1 aliphatic heterocycles. The maximum Gasteiger partial charge on any atom is 0.258 e. The molecule has 0 fully saturated rings. The van der Waals surface area contributed by atoms with Crippen LogP contribution in [0.25, 0.3) is 0 Å². The summed E-state index contributed by atoms with van der Waals surface area (Å²) < 4.78 is 12.2. The van der Waals surface area contributed by atoms with Crippen molar-refractivity contribution >= 4 is 11.6 Å². The van der Waals surface area contributed by atoms with Crippen molar-refractivity contribution in [3.05, 3.63) is 23.8 Å². The van der Waals surface area contributed by atoms with Crippen molar-refractivity contribution in [3.63, 3.8) is 0 Å². The normalized spacial score (nSPS) is 25.6. The van der Waals surface area contributed by atoms with Crippen LogP contribution < -0.4 is 15.8 Å². The fraction of sp³-hybridized carbons (Fsp3) is 0.682. The molecule has 4 N–H and O–H groups in total. The van der Waals surface area contributed by atoms with E-state index in [2.05, 4.69) is 12.2 Å². The highest BCUT2D eigenvalue weighted by atomic mass is 16.5. The Morgan fingerprint density at radius 1 is 1.34 bits per heavy atom. The summed E-state index contributed by atoms with van der Waals surface area (Å²) in [7, 11) is 1.90. The molecule has 164 valence electrons. The monoisotopic (exact) mass is 407 g/mol. The van der Waals surface area contributed by atoms with Crippen molar-refractivity contribution in [1.82, 2.24) is 10.2 Å². The molecule has 0 radical (unpaired) electrons. The summed E-state index contributed by atoms with van der Waals surface area (Å²) >= 11 is 0. The quantitative estimate of drug-likeness (QED) is 0.663. The second-order valence-electron chi connectivity index (χ2n) is 8.11. The standard InChI is InChI=1S/C22H37N3O4/c1-15-13-25(16(2)14-26)22(27)19-11-18(23)8-9-20(19)29-17(3)7-5-6-10-28-21(15)12-24-4/h8-9,11,15-17,21,24,26H,5-7,10,12-14,23H2,1-4H3/t15-,16+,17-,21+/m0/s1. The van der Waals surface area contributed by atoms with Gasteiger partial charge in [0.15, 0.2) is 0 Å². The Bertz CT molecular complexity index is 655. The summed E-state index contributed by atoms with van der Waals surface area (Å²) in [6, 6.07) is 4.85. The summed E-state index contributed by atoms with van der Waals surface area (Å²) in [5, 5.41) is 13.0. The zero-order valence-electron chi connectivity index (χ0n) is 18.2. The van der Waals surface area contributed by atoms with Gasteiger partial charge in [0, 0.05) is 31.3 Å². The molecule has 7 nitrogen and oxygen atoms in total. The zero-order valence-corrected chi connectivity index (χ0v) is 18.2. The van der Waals surface area contributed by atoms with Gasteiger partial charge in [-0.1, -0.05) is 6.92 Å². The van der Waals surface area contributed by atoms with Gasteiger partial charge in [0.1, 0.15) is 5.75 Å². The topological polar surface area (TPSA) is 97.0 Å². The van der Waals surface area contributed by atoms with Gasteiger partial charge in [-0.2, -0.15) is 0 Å². The highest BCUT2D eigenvalue weighted by Gasteiger charge is 2.29. The number of anilines is 1. The second-order valence-corrected chi connectivity index (χ2v) is 8.11. The van der Waals surface area contributed by atoms with E-state index < -0.39 is 0 Å². The van der Waals surface area contributed by atoms with Gasteiger partial charge in [-0.05, 0) is 58.4 Å². The minimum atomic E-state index is -0.334. The van der Waals surface area contributed by atoms with Gasteiger partial charge in [0.25, 0.3) is 5.91 Å². The molecule has 0 saturated carbocycles. The first-order chi connectivity index (χ1) is 13.9. The van der Waals surface area contributed by atoms with Crippen LogP contribution >= 0.6 is 0 Å². The molecule has 1 aromatic rings. The number of benzene rings is 1. The number of likely N-dealkylation sites (N-methyl/N-ethyl adjacent to an activating group) is 1. The summed E-state index contributed by atoms with van der Waals surface area (Å²) in [5.74, 6) is 0.445. The van der Waals surface area contributed by atoms with Crippen molar-refractivity contribution in [2.24, 2.45) is 5.92 Å². The zero-order chi connectivity index (χ0) is 21.4. The van der Waals surface area contributed by atoms with Crippen LogP contribution in [0.2, 0.25) is 0 Å². The number of carbonyl (C=O) groups excluding carboxylic acids is 1. The molecule has 1 amide bonds. The van der Waals surface area contributed by atoms with Gasteiger partial charge in [0.2, 0.25) is 0 Å². The molecule has 0 spiro atoms. The Hall–Kier alpha value is -1.83. The molecular formula is C22H37N3O4. The lowest BCUT2D eigenvalue weighted by molar-refractivity contribution is -0.000449. The number of nitrogens with zero attached hydrogens (tertiary/aromatic N) is 1. The third kappa shape index (κ3) is 6.59. The molecule has 0 aromatic heterocycles. The molecule has 0 saturated heterocycles. The third-order valence-electron chi connectivity index (χ3n) is 5.48. The van der Waals surface area contributed by atoms with E-state index in [1.54, 1.807) is 23.1 Å². The summed E-state index contributed by atoms with van der Waals surface area (Å²) in [4.78, 5) is 15.2. The van der Waals surface area contributed by atoms with E-state index in [0.29, 0.717) is 36.7 Å². The van der Waals surface area contributed by atoms with Crippen LogP contribution in [0.15, 0.2) is 18.2 Å². The average molecular weight is 408 g/mol. The summed E-state index contributed by atoms with van der Waals surface area (Å²) in [6.07, 6.45) is 2.80. The number of aliphatic hydroxyl groups excluding tert-OH is 1. The van der Waals surface area contributed by atoms with Crippen molar-refractivity contribution in [2.75, 3.05) is 39.1 Å². The number of amides is 1. The lowest BCUT2D eigenvalue weighted by atomic mass is 10.0. The SMILES string of the molecule is CNC[C@H]1OCCCC[C@H](C)Oc2ccc(N)cc2C(=O)N([C@H](C)CO)C[C@@H]1C. The van der Waals surface area contributed by atoms with Crippen molar-refractivity contribution < 1.29 is 19.4 Å². The van der Waals surface area contributed by atoms with Crippen LogP contribution in [0.4, 0.5) is 5.69 Å². The van der Waals surface area contributed by atoms with Gasteiger partial charge in [-0.15, -0.1) is 0 Å². The highest BCUT2D eigenvalue weighted by Crippen LogP contribution is 2.27. The number of ether oxygens (including phenoxy) is 2. The predicted octanol–water partition coefficient (Wildman–Crippen LogP) is 2.28. The van der Waals surface area contributed by atoms with E-state index >= 15 is 0 Å². The van der Waals surface area contributed by atoms with Gasteiger partial charge >= 0.3 is 0 Å². The molecule has 1 heterocycles. The first-order valence-electron chi connectivity index (χ1n) is 10.6. The third-order valence-corrected chi connectivity index (χ3v) is 5.48. The Morgan fingerprint density at radius 2 is 2.10 bits per heavy atom. The molecule has 4 atom stereocenters. The Kier molecular flexibility index (Phi) is 9.20. The van der Waals surface area contributed by atoms with Crippen LogP contribution in [0.1, 0.15) is 50.4 Å². The number of hydrogen-bond acceptors (Lipinski definition) is 6. The van der Waals surface area contributed by atoms with E-state index in [4.69, 9.17) is 15.2 Å². The number of nitrogens with one attached hydrogen (secondary N) is 1. The molecule has 0 bridgehead atoms. The lowest BCUT2D eigenvalue weighted by Crippen LogP contribution is -2.47. The molecule has 1 aliphatic rings. The lowest BCUT2D eigenvalue weighted by Gasteiger charge is -2.34. The second kappa shape index (κ2) is 11.4. The highest BCUT2D eigenvalue weighted by molar-refractivity contribution is 5.98. The number of fused-ring (bicyclic) bond motifs is 1.